The van der Waals surface area contributed by atoms with Crippen LogP contribution in [0.2, 0.25) is 0 Å². The van der Waals surface area contributed by atoms with E-state index in [1.807, 2.05) is 30.3 Å². The first-order valence-electron chi connectivity index (χ1n) is 6.88. The Morgan fingerprint density at radius 1 is 1.26 bits per heavy atom. The first-order valence-corrected chi connectivity index (χ1v) is 6.88. The first kappa shape index (κ1) is 12.3. The van der Waals surface area contributed by atoms with Gasteiger partial charge in [-0.2, -0.15) is 0 Å². The van der Waals surface area contributed by atoms with Crippen LogP contribution in [0.3, 0.4) is 0 Å². The van der Waals surface area contributed by atoms with Crippen molar-refractivity contribution in [3.8, 4) is 0 Å². The molecule has 1 aromatic heterocycles. The zero-order chi connectivity index (χ0) is 13.2. The van der Waals surface area contributed by atoms with Gasteiger partial charge in [-0.25, -0.2) is 0 Å². The van der Waals surface area contributed by atoms with Crippen LogP contribution in [0.4, 0.5) is 0 Å². The quantitative estimate of drug-likeness (QED) is 0.838. The fourth-order valence-electron chi connectivity index (χ4n) is 2.93. The molecule has 0 spiro atoms. The third-order valence-corrected chi connectivity index (χ3v) is 3.97. The van der Waals surface area contributed by atoms with E-state index in [2.05, 4.69) is 4.98 Å². The van der Waals surface area contributed by atoms with E-state index in [4.69, 9.17) is 5.73 Å². The monoisotopic (exact) mass is 254 g/mol. The van der Waals surface area contributed by atoms with Crippen LogP contribution in [0.15, 0.2) is 36.5 Å². The predicted molar refractivity (Wildman–Crippen MR) is 76.0 cm³/mol. The Bertz CT molecular complexity index is 608. The van der Waals surface area contributed by atoms with Crippen LogP contribution in [0.5, 0.6) is 0 Å². The molecule has 3 nitrogen and oxygen atoms in total. The lowest BCUT2D eigenvalue weighted by Gasteiger charge is -2.25. The van der Waals surface area contributed by atoms with Crippen LogP contribution in [0.25, 0.3) is 10.9 Å². The molecular formula is C16H18N2O. The fraction of sp³-hybridized carbons (Fsp3) is 0.375. The highest BCUT2D eigenvalue weighted by atomic mass is 16.1. The number of pyridine rings is 1. The number of carbonyl (C=O) groups excluding carboxylic acids is 1. The van der Waals surface area contributed by atoms with Crippen molar-refractivity contribution in [3.63, 3.8) is 0 Å². The van der Waals surface area contributed by atoms with E-state index in [0.717, 1.165) is 42.1 Å². The van der Waals surface area contributed by atoms with Gasteiger partial charge in [0.25, 0.3) is 0 Å². The van der Waals surface area contributed by atoms with E-state index in [1.54, 1.807) is 6.20 Å². The molecule has 3 heteroatoms. The van der Waals surface area contributed by atoms with Crippen LogP contribution in [0.1, 0.15) is 36.0 Å². The molecule has 1 aromatic carbocycles. The molecule has 1 fully saturated rings. The molecule has 0 bridgehead atoms. The second kappa shape index (κ2) is 5.10. The number of carbonyl (C=O) groups is 1. The van der Waals surface area contributed by atoms with E-state index in [9.17, 15) is 4.79 Å². The molecule has 2 N–H and O–H groups in total. The van der Waals surface area contributed by atoms with Crippen molar-refractivity contribution in [1.82, 2.24) is 4.98 Å². The largest absolute Gasteiger partial charge is 0.328 e. The van der Waals surface area contributed by atoms with Gasteiger partial charge in [-0.05, 0) is 43.5 Å². The van der Waals surface area contributed by atoms with Gasteiger partial charge in [0, 0.05) is 29.1 Å². The van der Waals surface area contributed by atoms with Gasteiger partial charge < -0.3 is 5.73 Å². The number of nitrogens with two attached hydrogens (primary N) is 1. The molecule has 3 rings (SSSR count). The molecule has 1 aliphatic carbocycles. The number of ketones is 1. The summed E-state index contributed by atoms with van der Waals surface area (Å²) in [7, 11) is 0. The number of rotatable bonds is 2. The van der Waals surface area contributed by atoms with Gasteiger partial charge in [0.1, 0.15) is 0 Å². The minimum absolute atomic E-state index is 0.0953. The highest BCUT2D eigenvalue weighted by Gasteiger charge is 2.26. The van der Waals surface area contributed by atoms with Crippen molar-refractivity contribution in [2.24, 2.45) is 11.7 Å². The van der Waals surface area contributed by atoms with Crippen molar-refractivity contribution in [2.75, 3.05) is 0 Å². The van der Waals surface area contributed by atoms with Crippen molar-refractivity contribution in [3.05, 3.63) is 42.1 Å². The molecule has 0 radical (unpaired) electrons. The maximum atomic E-state index is 12.5. The van der Waals surface area contributed by atoms with Crippen LogP contribution < -0.4 is 5.73 Å². The number of benzene rings is 1. The van der Waals surface area contributed by atoms with E-state index < -0.39 is 0 Å². The van der Waals surface area contributed by atoms with Gasteiger partial charge in [0.05, 0.1) is 5.52 Å². The molecule has 0 amide bonds. The number of hydrogen-bond acceptors (Lipinski definition) is 3. The Morgan fingerprint density at radius 2 is 2.16 bits per heavy atom. The summed E-state index contributed by atoms with van der Waals surface area (Å²) >= 11 is 0. The maximum Gasteiger partial charge on any atom is 0.166 e. The smallest absolute Gasteiger partial charge is 0.166 e. The van der Waals surface area contributed by atoms with E-state index >= 15 is 0 Å². The molecular weight excluding hydrogens is 236 g/mol. The third-order valence-electron chi connectivity index (χ3n) is 3.97. The average molecular weight is 254 g/mol. The molecule has 1 saturated carbocycles. The first-order chi connectivity index (χ1) is 9.24. The lowest BCUT2D eigenvalue weighted by Crippen LogP contribution is -2.31. The number of nitrogens with zero attached hydrogens (tertiary/aromatic N) is 1. The SMILES string of the molecule is NC1CCCC(C(=O)c2ccc3ncccc3c2)C1. The lowest BCUT2D eigenvalue weighted by molar-refractivity contribution is 0.0881. The molecule has 0 saturated heterocycles. The van der Waals surface area contributed by atoms with Gasteiger partial charge in [0.15, 0.2) is 5.78 Å². The fourth-order valence-corrected chi connectivity index (χ4v) is 2.93. The van der Waals surface area contributed by atoms with E-state index in [1.165, 1.54) is 0 Å². The number of aromatic nitrogens is 1. The zero-order valence-corrected chi connectivity index (χ0v) is 10.9. The van der Waals surface area contributed by atoms with E-state index in [-0.39, 0.29) is 17.7 Å². The van der Waals surface area contributed by atoms with Crippen molar-refractivity contribution >= 4 is 16.7 Å². The topological polar surface area (TPSA) is 56.0 Å². The molecule has 1 aliphatic rings. The summed E-state index contributed by atoms with van der Waals surface area (Å²) in [6.45, 7) is 0. The summed E-state index contributed by atoms with van der Waals surface area (Å²) in [5, 5.41) is 1.02. The second-order valence-electron chi connectivity index (χ2n) is 5.40. The van der Waals surface area contributed by atoms with Crippen LogP contribution in [-0.2, 0) is 0 Å². The van der Waals surface area contributed by atoms with Crippen LogP contribution in [-0.4, -0.2) is 16.8 Å². The Labute approximate surface area is 112 Å². The summed E-state index contributed by atoms with van der Waals surface area (Å²) in [6.07, 6.45) is 5.67. The van der Waals surface area contributed by atoms with Gasteiger partial charge in [0.2, 0.25) is 0 Å². The molecule has 2 atom stereocenters. The predicted octanol–water partition coefficient (Wildman–Crippen LogP) is 2.94. The molecule has 0 aliphatic heterocycles. The Hall–Kier alpha value is -1.74. The Kier molecular flexibility index (Phi) is 3.30. The van der Waals surface area contributed by atoms with Crippen molar-refractivity contribution in [2.45, 2.75) is 31.7 Å². The Balaban J connectivity index is 1.88. The minimum Gasteiger partial charge on any atom is -0.328 e. The molecule has 2 unspecified atom stereocenters. The summed E-state index contributed by atoms with van der Waals surface area (Å²) in [5.74, 6) is 0.332. The zero-order valence-electron chi connectivity index (χ0n) is 10.9. The van der Waals surface area contributed by atoms with Crippen molar-refractivity contribution < 1.29 is 4.79 Å². The maximum absolute atomic E-state index is 12.5. The van der Waals surface area contributed by atoms with Crippen LogP contribution >= 0.6 is 0 Å². The van der Waals surface area contributed by atoms with Crippen LogP contribution in [0, 0.1) is 5.92 Å². The third kappa shape index (κ3) is 2.51. The lowest BCUT2D eigenvalue weighted by atomic mass is 9.81. The summed E-state index contributed by atoms with van der Waals surface area (Å²) in [6, 6.07) is 9.83. The highest BCUT2D eigenvalue weighted by molar-refractivity contribution is 6.00. The highest BCUT2D eigenvalue weighted by Crippen LogP contribution is 2.27. The summed E-state index contributed by atoms with van der Waals surface area (Å²) in [4.78, 5) is 16.8. The van der Waals surface area contributed by atoms with Gasteiger partial charge in [-0.1, -0.05) is 12.5 Å². The van der Waals surface area contributed by atoms with E-state index in [0.29, 0.717) is 0 Å². The average Bonchev–Trinajstić information content (AvgIpc) is 2.46. The van der Waals surface area contributed by atoms with Gasteiger partial charge in [-0.15, -0.1) is 0 Å². The number of hydrogen-bond donors (Lipinski definition) is 1. The summed E-state index contributed by atoms with van der Waals surface area (Å²) < 4.78 is 0. The summed E-state index contributed by atoms with van der Waals surface area (Å²) in [5.41, 5.74) is 7.69. The van der Waals surface area contributed by atoms with Gasteiger partial charge in [-0.3, -0.25) is 9.78 Å². The van der Waals surface area contributed by atoms with Crippen molar-refractivity contribution in [1.29, 1.82) is 0 Å². The second-order valence-corrected chi connectivity index (χ2v) is 5.40. The number of Topliss-reactive ketones (excluding diaryl/α,β-unsaturated/α-hetero) is 1. The molecule has 19 heavy (non-hydrogen) atoms. The van der Waals surface area contributed by atoms with Gasteiger partial charge >= 0.3 is 0 Å². The molecule has 1 heterocycles. The molecule has 2 aromatic rings. The number of fused-ring (bicyclic) bond motifs is 1. The molecule has 98 valence electrons. The standard InChI is InChI=1S/C16H18N2O/c17-14-5-1-3-12(10-14)16(19)13-6-7-15-11(9-13)4-2-8-18-15/h2,4,6-9,12,14H,1,3,5,10,17H2. The normalized spacial score (nSPS) is 23.4. The minimum atomic E-state index is 0.0953. The Morgan fingerprint density at radius 3 is 3.00 bits per heavy atom.